The number of hydrogen-bond acceptors (Lipinski definition) is 5. The van der Waals surface area contributed by atoms with Crippen molar-refractivity contribution in [3.8, 4) is 5.75 Å². The fourth-order valence-electron chi connectivity index (χ4n) is 6.04. The number of quaternary nitrogens is 2. The molecule has 0 unspecified atom stereocenters. The van der Waals surface area contributed by atoms with Gasteiger partial charge in [-0.05, 0) is 62.6 Å². The molecule has 236 valence electrons. The molecule has 3 N–H and O–H groups in total. The van der Waals surface area contributed by atoms with E-state index in [1.54, 1.807) is 11.0 Å². The van der Waals surface area contributed by atoms with E-state index in [0.29, 0.717) is 18.7 Å². The number of fused-ring (bicyclic) bond motifs is 1. The first-order valence-corrected chi connectivity index (χ1v) is 15.7. The van der Waals surface area contributed by atoms with Crippen molar-refractivity contribution in [2.45, 2.75) is 69.5 Å². The van der Waals surface area contributed by atoms with Crippen molar-refractivity contribution >= 4 is 17.7 Å². The molecule has 2 aliphatic heterocycles. The zero-order valence-electron chi connectivity index (χ0n) is 26.7. The number of benzene rings is 1. The third kappa shape index (κ3) is 9.95. The number of aliphatic hydroxyl groups is 1. The largest absolute Gasteiger partial charge is 0.491 e. The van der Waals surface area contributed by atoms with Crippen molar-refractivity contribution in [1.29, 1.82) is 0 Å². The Balaban J connectivity index is 1.73. The molecule has 0 saturated carbocycles. The van der Waals surface area contributed by atoms with Gasteiger partial charge in [0.15, 0.2) is 0 Å². The number of rotatable bonds is 17. The van der Waals surface area contributed by atoms with E-state index in [-0.39, 0.29) is 37.4 Å². The van der Waals surface area contributed by atoms with Crippen LogP contribution in [0, 0.1) is 5.92 Å². The Morgan fingerprint density at radius 1 is 1.00 bits per heavy atom. The molecule has 4 atom stereocenters. The molecule has 2 heterocycles. The summed E-state index contributed by atoms with van der Waals surface area (Å²) >= 11 is 0. The van der Waals surface area contributed by atoms with Gasteiger partial charge in [-0.25, -0.2) is 0 Å². The quantitative estimate of drug-likeness (QED) is 0.191. The smallest absolute Gasteiger partial charge is 0.246 e. The zero-order chi connectivity index (χ0) is 30.9. The number of hydrogen-bond donors (Lipinski definition) is 3. The van der Waals surface area contributed by atoms with Gasteiger partial charge in [0, 0.05) is 6.54 Å². The minimum absolute atomic E-state index is 0.114. The molecule has 0 spiro atoms. The number of carbonyl (C=O) groups is 3. The average Bonchev–Trinajstić information content (AvgIpc) is 3.33. The lowest BCUT2D eigenvalue weighted by atomic mass is 9.92. The van der Waals surface area contributed by atoms with Gasteiger partial charge in [0.2, 0.25) is 17.7 Å². The topological polar surface area (TPSA) is 108 Å². The molecular weight excluding hydrogens is 534 g/mol. The summed E-state index contributed by atoms with van der Waals surface area (Å²) in [5.41, 5.74) is 0.764. The highest BCUT2D eigenvalue weighted by Gasteiger charge is 2.54. The first kappa shape index (κ1) is 33.8. The maximum Gasteiger partial charge on any atom is 0.246 e. The number of nitrogens with one attached hydrogen (secondary N) is 2. The van der Waals surface area contributed by atoms with Gasteiger partial charge in [-0.15, -0.1) is 0 Å². The first-order chi connectivity index (χ1) is 19.8. The van der Waals surface area contributed by atoms with Crippen LogP contribution in [0.2, 0.25) is 0 Å². The second-order valence-corrected chi connectivity index (χ2v) is 14.0. The third-order valence-electron chi connectivity index (χ3n) is 8.19. The number of nitrogens with zero attached hydrogens (tertiary/aromatic N) is 3. The lowest BCUT2D eigenvalue weighted by molar-refractivity contribution is -0.870. The van der Waals surface area contributed by atoms with Crippen LogP contribution in [0.3, 0.4) is 0 Å². The summed E-state index contributed by atoms with van der Waals surface area (Å²) in [6, 6.07) is 5.50. The molecule has 3 rings (SSSR count). The number of piperazine rings is 1. The monoisotopic (exact) mass is 589 g/mol. The van der Waals surface area contributed by atoms with Crippen LogP contribution in [0.5, 0.6) is 5.75 Å². The van der Waals surface area contributed by atoms with E-state index < -0.39 is 24.0 Å². The van der Waals surface area contributed by atoms with Crippen LogP contribution < -0.4 is 15.4 Å². The van der Waals surface area contributed by atoms with E-state index in [0.717, 1.165) is 66.1 Å². The second-order valence-electron chi connectivity index (χ2n) is 14.0. The Kier molecular flexibility index (Phi) is 12.2. The first-order valence-electron chi connectivity index (χ1n) is 15.7. The lowest BCUT2D eigenvalue weighted by Gasteiger charge is -2.38. The van der Waals surface area contributed by atoms with Gasteiger partial charge >= 0.3 is 0 Å². The van der Waals surface area contributed by atoms with E-state index in [9.17, 15) is 19.5 Å². The maximum absolute atomic E-state index is 13.9. The highest BCUT2D eigenvalue weighted by atomic mass is 16.5. The number of unbranched alkanes of at least 4 members (excludes halogenated alkanes) is 4. The van der Waals surface area contributed by atoms with E-state index >= 15 is 0 Å². The molecule has 0 radical (unpaired) electrons. The third-order valence-corrected chi connectivity index (χ3v) is 8.19. The summed E-state index contributed by atoms with van der Waals surface area (Å²) in [5.74, 6) is -0.417. The van der Waals surface area contributed by atoms with Crippen LogP contribution >= 0.6 is 0 Å². The number of amides is 3. The predicted octanol–water partition coefficient (Wildman–Crippen LogP) is 2.07. The van der Waals surface area contributed by atoms with E-state index in [4.69, 9.17) is 4.74 Å². The molecular formula is C32H55N5O5+2. The Hall–Kier alpha value is -2.69. The molecule has 0 aromatic heterocycles. The number of ether oxygens (including phenoxy) is 1. The van der Waals surface area contributed by atoms with Crippen molar-refractivity contribution in [3.05, 3.63) is 29.8 Å². The average molecular weight is 590 g/mol. The van der Waals surface area contributed by atoms with Gasteiger partial charge in [-0.2, -0.15) is 0 Å². The van der Waals surface area contributed by atoms with Gasteiger partial charge in [0.1, 0.15) is 24.4 Å². The minimum atomic E-state index is -0.682. The van der Waals surface area contributed by atoms with Gasteiger partial charge < -0.3 is 34.3 Å². The Bertz CT molecular complexity index is 1050. The summed E-state index contributed by atoms with van der Waals surface area (Å²) < 4.78 is 7.45. The van der Waals surface area contributed by atoms with E-state index in [1.165, 1.54) is 0 Å². The van der Waals surface area contributed by atoms with Gasteiger partial charge in [0.25, 0.3) is 0 Å². The Morgan fingerprint density at radius 3 is 2.33 bits per heavy atom. The van der Waals surface area contributed by atoms with Crippen LogP contribution in [0.4, 0.5) is 0 Å². The van der Waals surface area contributed by atoms with Crippen molar-refractivity contribution in [1.82, 2.24) is 15.5 Å². The summed E-state index contributed by atoms with van der Waals surface area (Å²) in [5, 5.41) is 15.3. The second kappa shape index (κ2) is 15.2. The SMILES string of the molecule is C[N+](C)(C)CCCCCCNC(=O)[C@@H]1C[C@@H]2C(=O)N[C@@H](CCCC[N+](C)(C)C)C(=O)N2[C@@H]1c1cccc(OCCO)c1. The zero-order valence-corrected chi connectivity index (χ0v) is 26.7. The van der Waals surface area contributed by atoms with Crippen molar-refractivity contribution in [2.75, 3.05) is 75.1 Å². The molecule has 2 fully saturated rings. The molecule has 0 aliphatic carbocycles. The standard InChI is InChI=1S/C32H53N5O5/c1-36(2,3)18-11-8-7-10-17-33-30(39)26-23-28-31(40)34-27(16-9-12-19-37(4,5)6)32(41)35(28)29(26)24-14-13-15-25(22-24)42-21-20-38/h13-15,22,26-29,38H,7-12,16-21,23H2,1-6H3/p+2/t26-,27+,28-,29-/m1/s1. The molecule has 1 aromatic rings. The molecule has 42 heavy (non-hydrogen) atoms. The number of aliphatic hydroxyl groups excluding tert-OH is 1. The number of carbonyl (C=O) groups excluding carboxylic acids is 3. The van der Waals surface area contributed by atoms with Gasteiger partial charge in [0.05, 0.1) is 73.9 Å². The summed E-state index contributed by atoms with van der Waals surface area (Å²) in [4.78, 5) is 42.5. The summed E-state index contributed by atoms with van der Waals surface area (Å²) in [7, 11) is 13.0. The van der Waals surface area contributed by atoms with Crippen LogP contribution in [0.1, 0.15) is 63.0 Å². The molecule has 3 amide bonds. The van der Waals surface area contributed by atoms with Crippen molar-refractivity contribution in [2.24, 2.45) is 5.92 Å². The van der Waals surface area contributed by atoms with Crippen LogP contribution in [0.25, 0.3) is 0 Å². The summed E-state index contributed by atoms with van der Waals surface area (Å²) in [6.45, 7) is 2.72. The van der Waals surface area contributed by atoms with Crippen LogP contribution in [-0.4, -0.2) is 124 Å². The van der Waals surface area contributed by atoms with Gasteiger partial charge in [-0.3, -0.25) is 14.4 Å². The molecule has 2 aliphatic rings. The van der Waals surface area contributed by atoms with E-state index in [1.807, 2.05) is 18.2 Å². The molecule has 10 nitrogen and oxygen atoms in total. The fraction of sp³-hybridized carbons (Fsp3) is 0.719. The van der Waals surface area contributed by atoms with Crippen LogP contribution in [-0.2, 0) is 14.4 Å². The van der Waals surface area contributed by atoms with Crippen LogP contribution in [0.15, 0.2) is 24.3 Å². The highest BCUT2D eigenvalue weighted by Crippen LogP contribution is 2.44. The maximum atomic E-state index is 13.9. The fourth-order valence-corrected chi connectivity index (χ4v) is 6.04. The molecule has 1 aromatic carbocycles. The van der Waals surface area contributed by atoms with Gasteiger partial charge in [-0.1, -0.05) is 18.6 Å². The van der Waals surface area contributed by atoms with Crippen molar-refractivity contribution < 1.29 is 33.2 Å². The predicted molar refractivity (Wildman–Crippen MR) is 164 cm³/mol. The highest BCUT2D eigenvalue weighted by molar-refractivity contribution is 5.99. The molecule has 0 bridgehead atoms. The van der Waals surface area contributed by atoms with E-state index in [2.05, 4.69) is 52.9 Å². The lowest BCUT2D eigenvalue weighted by Crippen LogP contribution is -2.61. The normalized spacial score (nSPS) is 22.6. The molecule has 2 saturated heterocycles. The molecule has 10 heteroatoms. The Labute approximate surface area is 252 Å². The minimum Gasteiger partial charge on any atom is -0.491 e. The Morgan fingerprint density at radius 2 is 1.67 bits per heavy atom. The summed E-state index contributed by atoms with van der Waals surface area (Å²) in [6.07, 6.45) is 6.87. The van der Waals surface area contributed by atoms with Crippen molar-refractivity contribution in [3.63, 3.8) is 0 Å².